The molecule has 1 atom stereocenters. The Kier molecular flexibility index (Phi) is 6.22. The highest BCUT2D eigenvalue weighted by molar-refractivity contribution is 7.90. The van der Waals surface area contributed by atoms with Crippen LogP contribution in [-0.2, 0) is 19.4 Å². The second kappa shape index (κ2) is 8.65. The average molecular weight is 417 g/mol. The maximum atomic E-state index is 12.3. The zero-order chi connectivity index (χ0) is 21.0. The predicted octanol–water partition coefficient (Wildman–Crippen LogP) is 2.80. The highest BCUT2D eigenvalue weighted by atomic mass is 32.2. The van der Waals surface area contributed by atoms with E-state index in [0.29, 0.717) is 0 Å². The van der Waals surface area contributed by atoms with Gasteiger partial charge in [0.2, 0.25) is 0 Å². The molecule has 0 bridgehead atoms. The molecule has 0 saturated carbocycles. The van der Waals surface area contributed by atoms with Gasteiger partial charge in [0, 0.05) is 18.2 Å². The number of aliphatic carboxylic acids is 1. The molecular formula is C21H23NO6S. The Hall–Kier alpha value is -2.87. The van der Waals surface area contributed by atoms with Crippen LogP contribution in [0.5, 0.6) is 0 Å². The summed E-state index contributed by atoms with van der Waals surface area (Å²) in [6, 6.07) is 15.0. The van der Waals surface area contributed by atoms with Crippen LogP contribution in [0.15, 0.2) is 48.5 Å². The van der Waals surface area contributed by atoms with Gasteiger partial charge in [0.1, 0.15) is 16.4 Å². The van der Waals surface area contributed by atoms with Crippen LogP contribution >= 0.6 is 0 Å². The van der Waals surface area contributed by atoms with Gasteiger partial charge in [0.05, 0.1) is 12.2 Å². The minimum Gasteiger partial charge on any atom is -0.481 e. The van der Waals surface area contributed by atoms with Crippen molar-refractivity contribution in [1.82, 2.24) is 5.32 Å². The molecule has 2 aromatic carbocycles. The number of hydrogen-bond donors (Lipinski definition) is 2. The van der Waals surface area contributed by atoms with Crippen LogP contribution in [0.2, 0.25) is 0 Å². The van der Waals surface area contributed by atoms with Crippen LogP contribution in [0.1, 0.15) is 29.9 Å². The third-order valence-corrected chi connectivity index (χ3v) is 5.90. The number of carboxylic acid groups (broad SMARTS) is 1. The number of carboxylic acids is 1. The number of carbonyl (C=O) groups is 2. The smallest absolute Gasteiger partial charge is 0.407 e. The van der Waals surface area contributed by atoms with Crippen molar-refractivity contribution >= 4 is 21.9 Å². The summed E-state index contributed by atoms with van der Waals surface area (Å²) in [6.45, 7) is 0.103. The Bertz CT molecular complexity index is 972. The zero-order valence-electron chi connectivity index (χ0n) is 16.0. The van der Waals surface area contributed by atoms with E-state index in [4.69, 9.17) is 9.84 Å². The van der Waals surface area contributed by atoms with Gasteiger partial charge in [0.15, 0.2) is 0 Å². The van der Waals surface area contributed by atoms with Crippen molar-refractivity contribution in [2.45, 2.75) is 24.8 Å². The lowest BCUT2D eigenvalue weighted by Crippen LogP contribution is -2.38. The lowest BCUT2D eigenvalue weighted by atomic mass is 9.98. The molecule has 3 rings (SSSR count). The van der Waals surface area contributed by atoms with Crippen LogP contribution < -0.4 is 5.32 Å². The van der Waals surface area contributed by atoms with E-state index in [1.165, 1.54) is 0 Å². The number of sulfone groups is 1. The zero-order valence-corrected chi connectivity index (χ0v) is 16.8. The number of ether oxygens (including phenoxy) is 1. The highest BCUT2D eigenvalue weighted by Crippen LogP contribution is 2.44. The summed E-state index contributed by atoms with van der Waals surface area (Å²) in [5.41, 5.74) is 4.35. The van der Waals surface area contributed by atoms with Crippen molar-refractivity contribution < 1.29 is 27.9 Å². The fourth-order valence-corrected chi connectivity index (χ4v) is 4.31. The Morgan fingerprint density at radius 3 is 2.14 bits per heavy atom. The first kappa shape index (κ1) is 20.9. The molecule has 7 nitrogen and oxygen atoms in total. The van der Waals surface area contributed by atoms with Gasteiger partial charge in [-0.05, 0) is 28.7 Å². The molecule has 0 unspecified atom stereocenters. The molecule has 154 valence electrons. The van der Waals surface area contributed by atoms with E-state index < -0.39 is 27.9 Å². The lowest BCUT2D eigenvalue weighted by Gasteiger charge is -2.18. The normalized spacial score (nSPS) is 14.0. The van der Waals surface area contributed by atoms with Crippen LogP contribution in [0, 0.1) is 0 Å². The van der Waals surface area contributed by atoms with E-state index >= 15 is 0 Å². The van der Waals surface area contributed by atoms with E-state index in [1.54, 1.807) is 0 Å². The monoisotopic (exact) mass is 417 g/mol. The maximum Gasteiger partial charge on any atom is 0.407 e. The van der Waals surface area contributed by atoms with E-state index in [1.807, 2.05) is 48.5 Å². The Morgan fingerprint density at radius 2 is 1.62 bits per heavy atom. The Morgan fingerprint density at radius 1 is 1.07 bits per heavy atom. The van der Waals surface area contributed by atoms with E-state index in [-0.39, 0.29) is 31.1 Å². The highest BCUT2D eigenvalue weighted by Gasteiger charge is 2.29. The summed E-state index contributed by atoms with van der Waals surface area (Å²) in [4.78, 5) is 23.3. The number of benzene rings is 2. The van der Waals surface area contributed by atoms with Crippen LogP contribution in [0.4, 0.5) is 4.79 Å². The first-order valence-electron chi connectivity index (χ1n) is 9.25. The van der Waals surface area contributed by atoms with Crippen molar-refractivity contribution in [2.75, 3.05) is 18.6 Å². The van der Waals surface area contributed by atoms with Crippen molar-refractivity contribution in [3.8, 4) is 11.1 Å². The van der Waals surface area contributed by atoms with Gasteiger partial charge >= 0.3 is 12.1 Å². The van der Waals surface area contributed by atoms with E-state index in [9.17, 15) is 18.0 Å². The van der Waals surface area contributed by atoms with Crippen LogP contribution in [-0.4, -0.2) is 50.2 Å². The number of fused-ring (bicyclic) bond motifs is 3. The molecular weight excluding hydrogens is 394 g/mol. The van der Waals surface area contributed by atoms with Gasteiger partial charge < -0.3 is 15.2 Å². The number of amides is 1. The molecule has 1 aliphatic rings. The second-order valence-electron chi connectivity index (χ2n) is 7.18. The van der Waals surface area contributed by atoms with Gasteiger partial charge in [-0.15, -0.1) is 0 Å². The third-order valence-electron chi connectivity index (χ3n) is 4.92. The van der Waals surface area contributed by atoms with E-state index in [0.717, 1.165) is 28.5 Å². The summed E-state index contributed by atoms with van der Waals surface area (Å²) in [5.74, 6) is -1.45. The molecule has 2 aromatic rings. The fraction of sp³-hybridized carbons (Fsp3) is 0.333. The molecule has 0 aliphatic heterocycles. The summed E-state index contributed by atoms with van der Waals surface area (Å²) < 4.78 is 28.1. The van der Waals surface area contributed by atoms with E-state index in [2.05, 4.69) is 5.32 Å². The molecule has 2 N–H and O–H groups in total. The molecule has 0 radical (unpaired) electrons. The summed E-state index contributed by atoms with van der Waals surface area (Å²) in [7, 11) is -3.27. The van der Waals surface area contributed by atoms with Crippen molar-refractivity contribution in [3.63, 3.8) is 0 Å². The van der Waals surface area contributed by atoms with Gasteiger partial charge in [-0.2, -0.15) is 0 Å². The Balaban J connectivity index is 1.66. The molecule has 8 heteroatoms. The predicted molar refractivity (Wildman–Crippen MR) is 109 cm³/mol. The quantitative estimate of drug-likeness (QED) is 0.683. The van der Waals surface area contributed by atoms with Gasteiger partial charge in [-0.25, -0.2) is 13.2 Å². The second-order valence-corrected chi connectivity index (χ2v) is 9.44. The molecule has 0 aromatic heterocycles. The largest absolute Gasteiger partial charge is 0.481 e. The Labute approximate surface area is 169 Å². The molecule has 0 spiro atoms. The minimum atomic E-state index is -3.27. The molecule has 0 fully saturated rings. The summed E-state index contributed by atoms with van der Waals surface area (Å²) in [5, 5.41) is 11.5. The molecule has 0 heterocycles. The third kappa shape index (κ3) is 5.35. The SMILES string of the molecule is CS(=O)(=O)CC[C@H](CC(=O)O)NC(=O)OCC1c2ccccc2-c2ccccc21. The number of carbonyl (C=O) groups excluding carboxylic acids is 1. The minimum absolute atomic E-state index is 0.00925. The van der Waals surface area contributed by atoms with Crippen LogP contribution in [0.3, 0.4) is 0 Å². The molecule has 0 saturated heterocycles. The first-order chi connectivity index (χ1) is 13.7. The number of alkyl carbamates (subject to hydrolysis) is 1. The average Bonchev–Trinajstić information content (AvgIpc) is 2.97. The van der Waals surface area contributed by atoms with Crippen LogP contribution in [0.25, 0.3) is 11.1 Å². The fourth-order valence-electron chi connectivity index (χ4n) is 3.60. The first-order valence-corrected chi connectivity index (χ1v) is 11.3. The van der Waals surface area contributed by atoms with Crippen molar-refractivity contribution in [1.29, 1.82) is 0 Å². The molecule has 29 heavy (non-hydrogen) atoms. The number of rotatable bonds is 8. The summed E-state index contributed by atoms with van der Waals surface area (Å²) >= 11 is 0. The van der Waals surface area contributed by atoms with Crippen molar-refractivity contribution in [3.05, 3.63) is 59.7 Å². The lowest BCUT2D eigenvalue weighted by molar-refractivity contribution is -0.137. The van der Waals surface area contributed by atoms with Crippen molar-refractivity contribution in [2.24, 2.45) is 0 Å². The number of nitrogens with one attached hydrogen (secondary N) is 1. The van der Waals surface area contributed by atoms with Gasteiger partial charge in [0.25, 0.3) is 0 Å². The van der Waals surface area contributed by atoms with Gasteiger partial charge in [-0.3, -0.25) is 4.79 Å². The molecule has 1 amide bonds. The molecule has 1 aliphatic carbocycles. The van der Waals surface area contributed by atoms with Gasteiger partial charge in [-0.1, -0.05) is 48.5 Å². The standard InChI is InChI=1S/C21H23NO6S/c1-29(26,27)11-10-14(12-20(23)24)22-21(25)28-13-19-17-8-4-2-6-15(17)16-7-3-5-9-18(16)19/h2-9,14,19H,10-13H2,1H3,(H,22,25)(H,23,24)/t14-/m1/s1. The maximum absolute atomic E-state index is 12.3. The topological polar surface area (TPSA) is 110 Å². The summed E-state index contributed by atoms with van der Waals surface area (Å²) in [6.07, 6.45) is -0.0562. The number of hydrogen-bond acceptors (Lipinski definition) is 5.